The number of amides is 2. The van der Waals surface area contributed by atoms with E-state index in [0.717, 1.165) is 0 Å². The molecule has 0 aromatic rings. The molecule has 0 radical (unpaired) electrons. The van der Waals surface area contributed by atoms with E-state index in [2.05, 4.69) is 5.32 Å². The zero-order valence-electron chi connectivity index (χ0n) is 18.1. The minimum Gasteiger partial charge on any atom is -0.467 e. The number of ketones is 1. The van der Waals surface area contributed by atoms with Gasteiger partial charge >= 0.3 is 12.1 Å². The largest absolute Gasteiger partial charge is 0.467 e. The molecule has 1 aliphatic heterocycles. The van der Waals surface area contributed by atoms with Crippen LogP contribution in [-0.2, 0) is 23.9 Å². The topological polar surface area (TPSA) is 102 Å². The molecule has 1 saturated heterocycles. The molecular formula is C20H34N2O6. The molecule has 2 amide bonds. The Morgan fingerprint density at radius 3 is 2.32 bits per heavy atom. The van der Waals surface area contributed by atoms with E-state index in [4.69, 9.17) is 9.47 Å². The Hall–Kier alpha value is -2.12. The van der Waals surface area contributed by atoms with E-state index in [1.54, 1.807) is 34.6 Å². The van der Waals surface area contributed by atoms with Crippen LogP contribution in [0.3, 0.4) is 0 Å². The molecule has 28 heavy (non-hydrogen) atoms. The van der Waals surface area contributed by atoms with Crippen LogP contribution in [0.2, 0.25) is 0 Å². The van der Waals surface area contributed by atoms with Crippen LogP contribution in [0.1, 0.15) is 67.2 Å². The van der Waals surface area contributed by atoms with Gasteiger partial charge in [0.15, 0.2) is 5.78 Å². The van der Waals surface area contributed by atoms with Gasteiger partial charge in [-0.2, -0.15) is 0 Å². The minimum absolute atomic E-state index is 0.122. The Kier molecular flexibility index (Phi) is 8.02. The van der Waals surface area contributed by atoms with Crippen molar-refractivity contribution in [2.75, 3.05) is 13.7 Å². The van der Waals surface area contributed by atoms with Gasteiger partial charge in [-0.05, 0) is 39.5 Å². The standard InChI is InChI=1S/C20H34N2O6/c1-8-10-20(17(25)27-7)11-9-14(23)12-22(20)16(24)15(13(2)3)21-18(26)28-19(4,5)6/h13,15H,8-12H2,1-7H3,(H,21,26)/t15-,20+/m0/s1. The SMILES string of the molecule is CCC[C@]1(C(=O)OC)CCC(=O)CN1C(=O)[C@@H](NC(=O)OC(C)(C)C)C(C)C. The zero-order valence-corrected chi connectivity index (χ0v) is 18.1. The molecular weight excluding hydrogens is 364 g/mol. The molecule has 1 fully saturated rings. The lowest BCUT2D eigenvalue weighted by Gasteiger charge is -2.45. The molecule has 0 aliphatic carbocycles. The smallest absolute Gasteiger partial charge is 0.408 e. The molecule has 1 heterocycles. The average Bonchev–Trinajstić information content (AvgIpc) is 2.58. The molecule has 0 spiro atoms. The van der Waals surface area contributed by atoms with Gasteiger partial charge in [0.1, 0.15) is 17.2 Å². The fourth-order valence-corrected chi connectivity index (χ4v) is 3.47. The number of methoxy groups -OCH3 is 1. The highest BCUT2D eigenvalue weighted by Crippen LogP contribution is 2.34. The van der Waals surface area contributed by atoms with Gasteiger partial charge in [0.25, 0.3) is 0 Å². The Balaban J connectivity index is 3.22. The first kappa shape index (κ1) is 23.9. The van der Waals surface area contributed by atoms with Crippen molar-refractivity contribution in [2.45, 2.75) is 84.4 Å². The highest BCUT2D eigenvalue weighted by atomic mass is 16.6. The minimum atomic E-state index is -1.20. The first-order chi connectivity index (χ1) is 12.9. The first-order valence-electron chi connectivity index (χ1n) is 9.79. The quantitative estimate of drug-likeness (QED) is 0.690. The van der Waals surface area contributed by atoms with Crippen molar-refractivity contribution >= 4 is 23.8 Å². The van der Waals surface area contributed by atoms with Crippen molar-refractivity contribution in [3.63, 3.8) is 0 Å². The number of esters is 1. The van der Waals surface area contributed by atoms with Gasteiger partial charge in [0.2, 0.25) is 5.91 Å². The zero-order chi connectivity index (χ0) is 21.7. The maximum Gasteiger partial charge on any atom is 0.408 e. The first-order valence-corrected chi connectivity index (χ1v) is 9.79. The fraction of sp³-hybridized carbons (Fsp3) is 0.800. The Labute approximate surface area is 167 Å². The molecule has 1 N–H and O–H groups in total. The number of piperidine rings is 1. The summed E-state index contributed by atoms with van der Waals surface area (Å²) in [6.07, 6.45) is 0.733. The summed E-state index contributed by atoms with van der Waals surface area (Å²) >= 11 is 0. The molecule has 0 unspecified atom stereocenters. The van der Waals surface area contributed by atoms with Crippen molar-refractivity contribution in [1.29, 1.82) is 0 Å². The number of rotatable bonds is 6. The highest BCUT2D eigenvalue weighted by Gasteiger charge is 2.51. The number of hydrogen-bond acceptors (Lipinski definition) is 6. The molecule has 1 aliphatic rings. The summed E-state index contributed by atoms with van der Waals surface area (Å²) in [5.74, 6) is -1.40. The lowest BCUT2D eigenvalue weighted by Crippen LogP contribution is -2.65. The Bertz CT molecular complexity index is 610. The number of Topliss-reactive ketones (excluding diaryl/α,β-unsaturated/α-hetero) is 1. The fourth-order valence-electron chi connectivity index (χ4n) is 3.47. The molecule has 160 valence electrons. The molecule has 8 nitrogen and oxygen atoms in total. The van der Waals surface area contributed by atoms with Gasteiger partial charge in [-0.25, -0.2) is 9.59 Å². The van der Waals surface area contributed by atoms with Crippen molar-refractivity contribution in [1.82, 2.24) is 10.2 Å². The predicted molar refractivity (Wildman–Crippen MR) is 104 cm³/mol. The third kappa shape index (κ3) is 5.69. The van der Waals surface area contributed by atoms with E-state index < -0.39 is 35.2 Å². The van der Waals surface area contributed by atoms with E-state index in [-0.39, 0.29) is 31.1 Å². The highest BCUT2D eigenvalue weighted by molar-refractivity contribution is 5.97. The van der Waals surface area contributed by atoms with Gasteiger partial charge in [-0.15, -0.1) is 0 Å². The van der Waals surface area contributed by atoms with Crippen molar-refractivity contribution in [2.24, 2.45) is 5.92 Å². The lowest BCUT2D eigenvalue weighted by atomic mass is 9.81. The van der Waals surface area contributed by atoms with E-state index in [0.29, 0.717) is 12.8 Å². The van der Waals surface area contributed by atoms with Gasteiger partial charge in [-0.1, -0.05) is 27.2 Å². The van der Waals surface area contributed by atoms with E-state index in [1.807, 2.05) is 6.92 Å². The van der Waals surface area contributed by atoms with Crippen LogP contribution in [0.5, 0.6) is 0 Å². The van der Waals surface area contributed by atoms with Crippen LogP contribution in [0.4, 0.5) is 4.79 Å². The summed E-state index contributed by atoms with van der Waals surface area (Å²) in [4.78, 5) is 51.7. The van der Waals surface area contributed by atoms with Crippen LogP contribution < -0.4 is 5.32 Å². The summed E-state index contributed by atoms with van der Waals surface area (Å²) in [5, 5.41) is 2.61. The Morgan fingerprint density at radius 2 is 1.86 bits per heavy atom. The predicted octanol–water partition coefficient (Wildman–Crippen LogP) is 2.44. The van der Waals surface area contributed by atoms with Gasteiger partial charge in [0.05, 0.1) is 13.7 Å². The lowest BCUT2D eigenvalue weighted by molar-refractivity contribution is -0.168. The van der Waals surface area contributed by atoms with Crippen molar-refractivity contribution in [3.05, 3.63) is 0 Å². The normalized spacial score (nSPS) is 21.3. The van der Waals surface area contributed by atoms with Crippen molar-refractivity contribution < 1.29 is 28.7 Å². The molecule has 1 rings (SSSR count). The number of alkyl carbamates (subject to hydrolysis) is 1. The summed E-state index contributed by atoms with van der Waals surface area (Å²) in [6, 6.07) is -0.929. The second-order valence-electron chi connectivity index (χ2n) is 8.60. The molecule has 8 heteroatoms. The van der Waals surface area contributed by atoms with Gasteiger partial charge in [-0.3, -0.25) is 9.59 Å². The number of carbonyl (C=O) groups is 4. The molecule has 2 atom stereocenters. The van der Waals surface area contributed by atoms with Crippen LogP contribution >= 0.6 is 0 Å². The van der Waals surface area contributed by atoms with Crippen molar-refractivity contribution in [3.8, 4) is 0 Å². The average molecular weight is 399 g/mol. The maximum absolute atomic E-state index is 13.4. The molecule has 0 bridgehead atoms. The second kappa shape index (κ2) is 9.39. The Morgan fingerprint density at radius 1 is 1.25 bits per heavy atom. The van der Waals surface area contributed by atoms with Crippen LogP contribution in [-0.4, -0.2) is 59.5 Å². The summed E-state index contributed by atoms with van der Waals surface area (Å²) in [5.41, 5.74) is -1.91. The van der Waals surface area contributed by atoms with E-state index in [9.17, 15) is 19.2 Å². The number of hydrogen-bond donors (Lipinski definition) is 1. The number of carbonyl (C=O) groups excluding carboxylic acids is 4. The van der Waals surface area contributed by atoms with Gasteiger partial charge in [0, 0.05) is 6.42 Å². The van der Waals surface area contributed by atoms with Crippen LogP contribution in [0, 0.1) is 5.92 Å². The second-order valence-corrected chi connectivity index (χ2v) is 8.60. The van der Waals surface area contributed by atoms with E-state index >= 15 is 0 Å². The van der Waals surface area contributed by atoms with Crippen LogP contribution in [0.15, 0.2) is 0 Å². The monoisotopic (exact) mass is 398 g/mol. The summed E-state index contributed by atoms with van der Waals surface area (Å²) in [7, 11) is 1.28. The number of nitrogens with zero attached hydrogens (tertiary/aromatic N) is 1. The molecule has 0 aromatic carbocycles. The van der Waals surface area contributed by atoms with Crippen LogP contribution in [0.25, 0.3) is 0 Å². The number of likely N-dealkylation sites (tertiary alicyclic amines) is 1. The van der Waals surface area contributed by atoms with Gasteiger partial charge < -0.3 is 19.7 Å². The summed E-state index contributed by atoms with van der Waals surface area (Å²) < 4.78 is 10.3. The third-order valence-corrected chi connectivity index (χ3v) is 4.77. The number of ether oxygens (including phenoxy) is 2. The summed E-state index contributed by atoms with van der Waals surface area (Å²) in [6.45, 7) is 10.5. The third-order valence-electron chi connectivity index (χ3n) is 4.77. The molecule has 0 saturated carbocycles. The maximum atomic E-state index is 13.4. The molecule has 0 aromatic heterocycles. The van der Waals surface area contributed by atoms with E-state index in [1.165, 1.54) is 12.0 Å². The number of nitrogens with one attached hydrogen (secondary N) is 1.